The summed E-state index contributed by atoms with van der Waals surface area (Å²) in [5.74, 6) is 0.290. The molecule has 1 aromatic carbocycles. The van der Waals surface area contributed by atoms with Crippen LogP contribution in [0.15, 0.2) is 29.2 Å². The van der Waals surface area contributed by atoms with Crippen LogP contribution in [0.2, 0.25) is 0 Å². The van der Waals surface area contributed by atoms with Gasteiger partial charge >= 0.3 is 0 Å². The van der Waals surface area contributed by atoms with Crippen LogP contribution in [0.25, 0.3) is 0 Å². The molecule has 114 valence electrons. The summed E-state index contributed by atoms with van der Waals surface area (Å²) in [7, 11) is -1.83. The number of aromatic amines is 1. The molecule has 1 heterocycles. The van der Waals surface area contributed by atoms with Gasteiger partial charge in [-0.3, -0.25) is 0 Å². The van der Waals surface area contributed by atoms with Gasteiger partial charge in [-0.2, -0.15) is 5.21 Å². The third-order valence-corrected chi connectivity index (χ3v) is 4.72. The quantitative estimate of drug-likeness (QED) is 0.717. The first-order valence-corrected chi connectivity index (χ1v) is 7.95. The fraction of sp³-hybridized carbons (Fsp3) is 0.417. The molecule has 2 rings (SSSR count). The van der Waals surface area contributed by atoms with Crippen LogP contribution in [0.3, 0.4) is 0 Å². The van der Waals surface area contributed by atoms with Gasteiger partial charge in [0.1, 0.15) is 0 Å². The molecular weight excluding hydrogens is 292 g/mol. The monoisotopic (exact) mass is 310 g/mol. The van der Waals surface area contributed by atoms with Crippen LogP contribution in [-0.4, -0.2) is 36.1 Å². The molecule has 9 heteroatoms. The van der Waals surface area contributed by atoms with Crippen LogP contribution in [0.5, 0.6) is 0 Å². The molecule has 0 radical (unpaired) electrons. The molecule has 0 aliphatic heterocycles. The van der Waals surface area contributed by atoms with E-state index in [0.717, 1.165) is 5.56 Å². The normalized spacial score (nSPS) is 14.8. The number of sulfonamides is 1. The molecular formula is C12H18N6O2S. The van der Waals surface area contributed by atoms with Crippen molar-refractivity contribution in [2.45, 2.75) is 30.8 Å². The van der Waals surface area contributed by atoms with Gasteiger partial charge in [-0.1, -0.05) is 17.3 Å². The number of benzene rings is 1. The Balaban J connectivity index is 2.23. The number of hydrogen-bond donors (Lipinski definition) is 3. The van der Waals surface area contributed by atoms with E-state index in [2.05, 4.69) is 30.7 Å². The van der Waals surface area contributed by atoms with Gasteiger partial charge in [0.2, 0.25) is 10.0 Å². The summed E-state index contributed by atoms with van der Waals surface area (Å²) in [5.41, 5.74) is 0.896. The maximum atomic E-state index is 12.4. The number of nitrogens with zero attached hydrogens (tertiary/aromatic N) is 3. The lowest BCUT2D eigenvalue weighted by Crippen LogP contribution is -2.28. The molecule has 2 atom stereocenters. The zero-order valence-corrected chi connectivity index (χ0v) is 12.8. The SMILES string of the molecule is CNC(C)c1cccc(S(=O)(=O)NC(C)c2nn[nH]n2)c1. The Morgan fingerprint density at radius 3 is 2.62 bits per heavy atom. The molecule has 0 amide bonds. The number of aromatic nitrogens is 4. The van der Waals surface area contributed by atoms with Crippen LogP contribution >= 0.6 is 0 Å². The van der Waals surface area contributed by atoms with Crippen molar-refractivity contribution in [3.05, 3.63) is 35.7 Å². The van der Waals surface area contributed by atoms with Gasteiger partial charge in [-0.25, -0.2) is 13.1 Å². The maximum Gasteiger partial charge on any atom is 0.241 e. The number of nitrogens with one attached hydrogen (secondary N) is 3. The predicted octanol–water partition coefficient (Wildman–Crippen LogP) is 0.520. The summed E-state index contributed by atoms with van der Waals surface area (Å²) in [6.07, 6.45) is 0. The number of H-pyrrole nitrogens is 1. The smallest absolute Gasteiger partial charge is 0.241 e. The van der Waals surface area contributed by atoms with Crippen molar-refractivity contribution in [1.29, 1.82) is 0 Å². The lowest BCUT2D eigenvalue weighted by atomic mass is 10.1. The Morgan fingerprint density at radius 1 is 1.24 bits per heavy atom. The van der Waals surface area contributed by atoms with E-state index < -0.39 is 16.1 Å². The third-order valence-electron chi connectivity index (χ3n) is 3.18. The molecule has 21 heavy (non-hydrogen) atoms. The molecule has 0 bridgehead atoms. The van der Waals surface area contributed by atoms with Crippen molar-refractivity contribution < 1.29 is 8.42 Å². The molecule has 0 aliphatic rings. The largest absolute Gasteiger partial charge is 0.313 e. The summed E-state index contributed by atoms with van der Waals surface area (Å²) in [5, 5.41) is 16.3. The highest BCUT2D eigenvalue weighted by atomic mass is 32.2. The molecule has 3 N–H and O–H groups in total. The first-order valence-electron chi connectivity index (χ1n) is 6.47. The first-order chi connectivity index (χ1) is 9.94. The standard InChI is InChI=1S/C12H18N6O2S/c1-8(13-3)10-5-4-6-11(7-10)21(19,20)16-9(2)12-14-17-18-15-12/h4-9,13,16H,1-3H3,(H,14,15,17,18). The lowest BCUT2D eigenvalue weighted by Gasteiger charge is -2.14. The molecule has 0 fully saturated rings. The molecule has 2 unspecified atom stereocenters. The van der Waals surface area contributed by atoms with Crippen molar-refractivity contribution in [3.8, 4) is 0 Å². The number of hydrogen-bond acceptors (Lipinski definition) is 6. The average Bonchev–Trinajstić information content (AvgIpc) is 3.00. The van der Waals surface area contributed by atoms with E-state index in [1.807, 2.05) is 20.0 Å². The van der Waals surface area contributed by atoms with Gasteiger partial charge in [0.25, 0.3) is 0 Å². The van der Waals surface area contributed by atoms with Crippen LogP contribution in [-0.2, 0) is 10.0 Å². The van der Waals surface area contributed by atoms with Gasteiger partial charge in [0, 0.05) is 6.04 Å². The molecule has 0 saturated carbocycles. The topological polar surface area (TPSA) is 113 Å². The van der Waals surface area contributed by atoms with Crippen molar-refractivity contribution in [3.63, 3.8) is 0 Å². The summed E-state index contributed by atoms with van der Waals surface area (Å²) < 4.78 is 27.3. The van der Waals surface area contributed by atoms with Gasteiger partial charge in [-0.05, 0) is 38.6 Å². The Bertz CT molecular complexity index is 686. The van der Waals surface area contributed by atoms with Crippen LogP contribution in [0.1, 0.15) is 37.3 Å². The third kappa shape index (κ3) is 3.63. The minimum absolute atomic E-state index is 0.0646. The van der Waals surface area contributed by atoms with E-state index in [4.69, 9.17) is 0 Å². The summed E-state index contributed by atoms with van der Waals surface area (Å²) in [6, 6.07) is 6.29. The lowest BCUT2D eigenvalue weighted by molar-refractivity contribution is 0.559. The first kappa shape index (κ1) is 15.5. The highest BCUT2D eigenvalue weighted by Crippen LogP contribution is 2.18. The molecule has 0 aliphatic carbocycles. The van der Waals surface area contributed by atoms with Crippen molar-refractivity contribution in [2.24, 2.45) is 0 Å². The summed E-state index contributed by atoms with van der Waals surface area (Å²) in [6.45, 7) is 3.61. The van der Waals surface area contributed by atoms with Crippen molar-refractivity contribution in [1.82, 2.24) is 30.7 Å². The van der Waals surface area contributed by atoms with E-state index in [9.17, 15) is 8.42 Å². The molecule has 0 saturated heterocycles. The van der Waals surface area contributed by atoms with Crippen LogP contribution in [0.4, 0.5) is 0 Å². The Hall–Kier alpha value is -1.84. The van der Waals surface area contributed by atoms with E-state index in [-0.39, 0.29) is 10.9 Å². The van der Waals surface area contributed by atoms with Crippen LogP contribution in [0, 0.1) is 0 Å². The van der Waals surface area contributed by atoms with E-state index in [0.29, 0.717) is 5.82 Å². The fourth-order valence-corrected chi connectivity index (χ4v) is 3.08. The van der Waals surface area contributed by atoms with Crippen molar-refractivity contribution in [2.75, 3.05) is 7.05 Å². The number of tetrazole rings is 1. The van der Waals surface area contributed by atoms with Crippen LogP contribution < -0.4 is 10.0 Å². The van der Waals surface area contributed by atoms with E-state index in [1.54, 1.807) is 25.1 Å². The zero-order chi connectivity index (χ0) is 15.5. The maximum absolute atomic E-state index is 12.4. The summed E-state index contributed by atoms with van der Waals surface area (Å²) in [4.78, 5) is 0.206. The summed E-state index contributed by atoms with van der Waals surface area (Å²) >= 11 is 0. The average molecular weight is 310 g/mol. The fourth-order valence-electron chi connectivity index (χ4n) is 1.82. The van der Waals surface area contributed by atoms with Crippen molar-refractivity contribution >= 4 is 10.0 Å². The number of rotatable bonds is 6. The Labute approximate surface area is 123 Å². The van der Waals surface area contributed by atoms with Gasteiger partial charge in [0.15, 0.2) is 5.82 Å². The molecule has 2 aromatic rings. The second-order valence-electron chi connectivity index (χ2n) is 4.70. The molecule has 8 nitrogen and oxygen atoms in total. The van der Waals surface area contributed by atoms with Gasteiger partial charge in [0.05, 0.1) is 10.9 Å². The van der Waals surface area contributed by atoms with E-state index >= 15 is 0 Å². The minimum atomic E-state index is -3.65. The van der Waals surface area contributed by atoms with E-state index in [1.165, 1.54) is 0 Å². The minimum Gasteiger partial charge on any atom is -0.313 e. The Kier molecular flexibility index (Phi) is 4.66. The predicted molar refractivity (Wildman–Crippen MR) is 76.8 cm³/mol. The van der Waals surface area contributed by atoms with Gasteiger partial charge < -0.3 is 5.32 Å². The zero-order valence-electron chi connectivity index (χ0n) is 12.0. The Morgan fingerprint density at radius 2 is 2.00 bits per heavy atom. The van der Waals surface area contributed by atoms with Gasteiger partial charge in [-0.15, -0.1) is 10.2 Å². The molecule has 0 spiro atoms. The molecule has 1 aromatic heterocycles. The highest BCUT2D eigenvalue weighted by Gasteiger charge is 2.21. The second kappa shape index (κ2) is 6.29. The highest BCUT2D eigenvalue weighted by molar-refractivity contribution is 7.89. The second-order valence-corrected chi connectivity index (χ2v) is 6.41.